The third-order valence-electron chi connectivity index (χ3n) is 2.50. The smallest absolute Gasteiger partial charge is 0.394 e. The van der Waals surface area contributed by atoms with Crippen LogP contribution < -0.4 is 0 Å². The molecule has 0 unspecified atom stereocenters. The first kappa shape index (κ1) is 11.6. The average molecular weight is 249 g/mol. The highest BCUT2D eigenvalue weighted by Gasteiger charge is 2.18. The normalized spacial score (nSPS) is 10.4. The van der Waals surface area contributed by atoms with Crippen LogP contribution in [-0.4, -0.2) is 28.9 Å². The lowest BCUT2D eigenvalue weighted by atomic mass is 10.2. The number of nitrogens with zero attached hydrogens (tertiary/aromatic N) is 1. The summed E-state index contributed by atoms with van der Waals surface area (Å²) in [6.07, 6.45) is 0. The Morgan fingerprint density at radius 2 is 2.06 bits per heavy atom. The van der Waals surface area contributed by atoms with E-state index in [0.29, 0.717) is 6.54 Å². The fourth-order valence-corrected chi connectivity index (χ4v) is 2.60. The number of rotatable bonds is 2. The Morgan fingerprint density at radius 1 is 1.35 bits per heavy atom. The summed E-state index contributed by atoms with van der Waals surface area (Å²) in [7, 11) is 1.49. The molecule has 0 fully saturated rings. The molecule has 0 aliphatic rings. The van der Waals surface area contributed by atoms with E-state index in [2.05, 4.69) is 0 Å². The van der Waals surface area contributed by atoms with Crippen LogP contribution in [-0.2, 0) is 16.1 Å². The minimum Gasteiger partial charge on any atom is -0.474 e. The van der Waals surface area contributed by atoms with Crippen LogP contribution in [0.1, 0.15) is 5.56 Å². The minimum absolute atomic E-state index is 0.315. The van der Waals surface area contributed by atoms with Crippen molar-refractivity contribution < 1.29 is 14.7 Å². The lowest BCUT2D eigenvalue weighted by Crippen LogP contribution is -2.32. The van der Waals surface area contributed by atoms with Gasteiger partial charge in [-0.1, -0.05) is 18.2 Å². The van der Waals surface area contributed by atoms with E-state index in [9.17, 15) is 9.59 Å². The monoisotopic (exact) mass is 249 g/mol. The third-order valence-corrected chi connectivity index (χ3v) is 3.51. The molecule has 1 amide bonds. The van der Waals surface area contributed by atoms with E-state index in [0.717, 1.165) is 15.6 Å². The molecule has 0 saturated heterocycles. The fourth-order valence-electron chi connectivity index (χ4n) is 1.65. The van der Waals surface area contributed by atoms with Crippen molar-refractivity contribution in [2.45, 2.75) is 6.54 Å². The molecule has 0 radical (unpaired) electrons. The molecule has 1 aromatic heterocycles. The van der Waals surface area contributed by atoms with Crippen molar-refractivity contribution in [1.29, 1.82) is 0 Å². The number of hydrogen-bond donors (Lipinski definition) is 1. The van der Waals surface area contributed by atoms with E-state index in [1.165, 1.54) is 11.9 Å². The molecule has 1 aromatic carbocycles. The zero-order valence-electron chi connectivity index (χ0n) is 9.21. The van der Waals surface area contributed by atoms with Gasteiger partial charge in [0.25, 0.3) is 0 Å². The number of likely N-dealkylation sites (N-methyl/N-ethyl adjacent to an activating group) is 1. The first-order valence-electron chi connectivity index (χ1n) is 5.03. The lowest BCUT2D eigenvalue weighted by Gasteiger charge is -2.13. The van der Waals surface area contributed by atoms with Crippen molar-refractivity contribution in [3.8, 4) is 0 Å². The fraction of sp³-hybridized carbons (Fsp3) is 0.167. The standard InChI is InChI=1S/C12H11NO3S/c1-13(11(14)12(15)16)6-8-7-17-10-5-3-2-4-9(8)10/h2-5,7H,6H2,1H3,(H,15,16). The van der Waals surface area contributed by atoms with Crippen LogP contribution >= 0.6 is 11.3 Å². The number of aliphatic carboxylic acids is 1. The first-order chi connectivity index (χ1) is 8.09. The van der Waals surface area contributed by atoms with Crippen molar-refractivity contribution in [2.75, 3.05) is 7.05 Å². The maximum Gasteiger partial charge on any atom is 0.394 e. The Hall–Kier alpha value is -1.88. The molecule has 4 nitrogen and oxygen atoms in total. The summed E-state index contributed by atoms with van der Waals surface area (Å²) in [6, 6.07) is 7.86. The summed E-state index contributed by atoms with van der Waals surface area (Å²) < 4.78 is 1.14. The van der Waals surface area contributed by atoms with Crippen LogP contribution in [0.5, 0.6) is 0 Å². The van der Waals surface area contributed by atoms with Crippen LogP contribution in [0, 0.1) is 0 Å². The van der Waals surface area contributed by atoms with Crippen molar-refractivity contribution >= 4 is 33.3 Å². The molecular formula is C12H11NO3S. The predicted molar refractivity (Wildman–Crippen MR) is 65.9 cm³/mol. The maximum absolute atomic E-state index is 11.2. The van der Waals surface area contributed by atoms with Gasteiger partial charge in [-0.15, -0.1) is 11.3 Å². The number of amides is 1. The van der Waals surface area contributed by atoms with Gasteiger partial charge in [-0.05, 0) is 22.4 Å². The van der Waals surface area contributed by atoms with Crippen LogP contribution in [0.2, 0.25) is 0 Å². The predicted octanol–water partition coefficient (Wildman–Crippen LogP) is 1.94. The quantitative estimate of drug-likeness (QED) is 0.827. The van der Waals surface area contributed by atoms with E-state index in [-0.39, 0.29) is 0 Å². The molecule has 5 heteroatoms. The number of carboxylic acid groups (broad SMARTS) is 1. The summed E-state index contributed by atoms with van der Waals surface area (Å²) in [5.41, 5.74) is 0.975. The molecular weight excluding hydrogens is 238 g/mol. The molecule has 1 heterocycles. The second-order valence-corrected chi connectivity index (χ2v) is 4.63. The molecule has 0 saturated carbocycles. The number of fused-ring (bicyclic) bond motifs is 1. The minimum atomic E-state index is -1.42. The molecule has 0 atom stereocenters. The molecule has 2 aromatic rings. The first-order valence-corrected chi connectivity index (χ1v) is 5.91. The Kier molecular flexibility index (Phi) is 3.10. The number of benzene rings is 1. The van der Waals surface area contributed by atoms with Crippen LogP contribution in [0.4, 0.5) is 0 Å². The summed E-state index contributed by atoms with van der Waals surface area (Å²) in [4.78, 5) is 23.0. The Bertz CT molecular complexity index is 576. The zero-order chi connectivity index (χ0) is 12.4. The van der Waals surface area contributed by atoms with Crippen LogP contribution in [0.25, 0.3) is 10.1 Å². The van der Waals surface area contributed by atoms with Gasteiger partial charge < -0.3 is 10.0 Å². The van der Waals surface area contributed by atoms with Gasteiger partial charge in [0.1, 0.15) is 0 Å². The van der Waals surface area contributed by atoms with E-state index in [1.54, 1.807) is 11.3 Å². The molecule has 0 bridgehead atoms. The van der Waals surface area contributed by atoms with Gasteiger partial charge >= 0.3 is 11.9 Å². The number of hydrogen-bond acceptors (Lipinski definition) is 3. The largest absolute Gasteiger partial charge is 0.474 e. The van der Waals surface area contributed by atoms with Gasteiger partial charge in [-0.3, -0.25) is 4.79 Å². The van der Waals surface area contributed by atoms with Crippen molar-refractivity contribution in [2.24, 2.45) is 0 Å². The maximum atomic E-state index is 11.2. The van der Waals surface area contributed by atoms with Gasteiger partial charge in [0, 0.05) is 18.3 Å². The second-order valence-electron chi connectivity index (χ2n) is 3.72. The van der Waals surface area contributed by atoms with Crippen molar-refractivity contribution in [3.05, 3.63) is 35.2 Å². The van der Waals surface area contributed by atoms with Crippen LogP contribution in [0.3, 0.4) is 0 Å². The molecule has 88 valence electrons. The molecule has 1 N–H and O–H groups in total. The molecule has 0 aliphatic heterocycles. The SMILES string of the molecule is CN(Cc1csc2ccccc12)C(=O)C(=O)O. The Labute approximate surface area is 102 Å². The van der Waals surface area contributed by atoms with E-state index < -0.39 is 11.9 Å². The molecule has 17 heavy (non-hydrogen) atoms. The van der Waals surface area contributed by atoms with Gasteiger partial charge in [0.05, 0.1) is 0 Å². The van der Waals surface area contributed by atoms with Crippen LogP contribution in [0.15, 0.2) is 29.6 Å². The zero-order valence-corrected chi connectivity index (χ0v) is 10.0. The Morgan fingerprint density at radius 3 is 2.76 bits per heavy atom. The number of carboxylic acids is 1. The number of carbonyl (C=O) groups excluding carboxylic acids is 1. The summed E-state index contributed by atoms with van der Waals surface area (Å²) in [5, 5.41) is 11.6. The second kappa shape index (κ2) is 4.55. The van der Waals surface area contributed by atoms with E-state index in [1.807, 2.05) is 29.6 Å². The highest BCUT2D eigenvalue weighted by atomic mass is 32.1. The topological polar surface area (TPSA) is 57.6 Å². The summed E-state index contributed by atoms with van der Waals surface area (Å²) in [6.45, 7) is 0.315. The van der Waals surface area contributed by atoms with Crippen molar-refractivity contribution in [3.63, 3.8) is 0 Å². The number of thiophene rings is 1. The molecule has 0 spiro atoms. The lowest BCUT2D eigenvalue weighted by molar-refractivity contribution is -0.155. The van der Waals surface area contributed by atoms with Gasteiger partial charge in [-0.2, -0.15) is 0 Å². The summed E-state index contributed by atoms with van der Waals surface area (Å²) in [5.74, 6) is -2.31. The van der Waals surface area contributed by atoms with Gasteiger partial charge in [-0.25, -0.2) is 4.79 Å². The average Bonchev–Trinajstić information content (AvgIpc) is 2.71. The van der Waals surface area contributed by atoms with E-state index in [4.69, 9.17) is 5.11 Å². The Balaban J connectivity index is 2.24. The van der Waals surface area contributed by atoms with Gasteiger partial charge in [0.15, 0.2) is 0 Å². The highest BCUT2D eigenvalue weighted by molar-refractivity contribution is 7.17. The summed E-state index contributed by atoms with van der Waals surface area (Å²) >= 11 is 1.59. The van der Waals surface area contributed by atoms with Crippen molar-refractivity contribution in [1.82, 2.24) is 4.90 Å². The highest BCUT2D eigenvalue weighted by Crippen LogP contribution is 2.26. The third kappa shape index (κ3) is 2.29. The van der Waals surface area contributed by atoms with E-state index >= 15 is 0 Å². The molecule has 2 rings (SSSR count). The van der Waals surface area contributed by atoms with Gasteiger partial charge in [0.2, 0.25) is 0 Å². The molecule has 0 aliphatic carbocycles. The number of carbonyl (C=O) groups is 2.